The third-order valence-corrected chi connectivity index (χ3v) is 3.05. The van der Waals surface area contributed by atoms with Crippen LogP contribution in [0.1, 0.15) is 30.4 Å². The molecule has 2 rings (SSSR count). The van der Waals surface area contributed by atoms with Crippen molar-refractivity contribution in [1.29, 1.82) is 0 Å². The van der Waals surface area contributed by atoms with E-state index in [-0.39, 0.29) is 0 Å². The Bertz CT molecular complexity index is 483. The Labute approximate surface area is 108 Å². The highest BCUT2D eigenvalue weighted by atomic mass is 19.4. The van der Waals surface area contributed by atoms with Crippen LogP contribution in [0.2, 0.25) is 0 Å². The molecule has 0 fully saturated rings. The van der Waals surface area contributed by atoms with Crippen LogP contribution in [0.25, 0.3) is 0 Å². The molecule has 1 aliphatic rings. The minimum absolute atomic E-state index is 0.397. The first-order valence-electron chi connectivity index (χ1n) is 6.04. The molecule has 0 radical (unpaired) electrons. The number of rotatable bonds is 3. The van der Waals surface area contributed by atoms with Crippen LogP contribution in [-0.4, -0.2) is 23.7 Å². The lowest BCUT2D eigenvalue weighted by atomic mass is 9.89. The molecule has 1 aliphatic carbocycles. The van der Waals surface area contributed by atoms with Gasteiger partial charge >= 0.3 is 6.18 Å². The van der Waals surface area contributed by atoms with Crippen molar-refractivity contribution in [1.82, 2.24) is 0 Å². The summed E-state index contributed by atoms with van der Waals surface area (Å²) in [6.07, 6.45) is -3.01. The van der Waals surface area contributed by atoms with Crippen LogP contribution in [0.3, 0.4) is 0 Å². The Morgan fingerprint density at radius 1 is 1.26 bits per heavy atom. The second-order valence-corrected chi connectivity index (χ2v) is 4.40. The summed E-state index contributed by atoms with van der Waals surface area (Å²) < 4.78 is 41.5. The van der Waals surface area contributed by atoms with Crippen molar-refractivity contribution in [3.8, 4) is 5.75 Å². The Kier molecular flexibility index (Phi) is 3.97. The van der Waals surface area contributed by atoms with Crippen molar-refractivity contribution >= 4 is 5.71 Å². The van der Waals surface area contributed by atoms with E-state index in [9.17, 15) is 13.2 Å². The molecule has 104 valence electrons. The maximum atomic E-state index is 12.1. The quantitative estimate of drug-likeness (QED) is 0.676. The van der Waals surface area contributed by atoms with Gasteiger partial charge in [0, 0.05) is 11.1 Å². The van der Waals surface area contributed by atoms with E-state index in [1.807, 2.05) is 0 Å². The molecular formula is C13H14F3NO2. The molecular weight excluding hydrogens is 259 g/mol. The topological polar surface area (TPSA) is 41.8 Å². The number of oxime groups is 1. The third-order valence-electron chi connectivity index (χ3n) is 3.05. The van der Waals surface area contributed by atoms with Gasteiger partial charge in [-0.05, 0) is 25.3 Å². The molecule has 0 aromatic heterocycles. The molecule has 0 saturated carbocycles. The Morgan fingerprint density at radius 3 is 2.74 bits per heavy atom. The second kappa shape index (κ2) is 5.50. The van der Waals surface area contributed by atoms with Gasteiger partial charge in [-0.3, -0.25) is 0 Å². The molecule has 0 unspecified atom stereocenters. The fourth-order valence-electron chi connectivity index (χ4n) is 2.18. The summed E-state index contributed by atoms with van der Waals surface area (Å²) in [5, 5.41) is 12.1. The molecule has 6 heteroatoms. The van der Waals surface area contributed by atoms with Gasteiger partial charge in [-0.1, -0.05) is 17.3 Å². The first kappa shape index (κ1) is 13.7. The van der Waals surface area contributed by atoms with Gasteiger partial charge in [0.05, 0.1) is 18.7 Å². The summed E-state index contributed by atoms with van der Waals surface area (Å²) >= 11 is 0. The van der Waals surface area contributed by atoms with Crippen molar-refractivity contribution in [3.63, 3.8) is 0 Å². The maximum absolute atomic E-state index is 12.1. The molecule has 1 aromatic carbocycles. The predicted molar refractivity (Wildman–Crippen MR) is 63.9 cm³/mol. The number of ether oxygens (including phenoxy) is 1. The van der Waals surface area contributed by atoms with Gasteiger partial charge in [0.2, 0.25) is 0 Å². The molecule has 3 nitrogen and oxygen atoms in total. The SMILES string of the molecule is ON=C1CCCc2c(OCCC(F)(F)F)cccc21. The fraction of sp³-hybridized carbons (Fsp3) is 0.462. The maximum Gasteiger partial charge on any atom is 0.392 e. The molecule has 0 amide bonds. The molecule has 0 aliphatic heterocycles. The minimum atomic E-state index is -4.22. The molecule has 0 bridgehead atoms. The number of hydrogen-bond acceptors (Lipinski definition) is 3. The zero-order chi connectivity index (χ0) is 13.9. The Morgan fingerprint density at radius 2 is 2.05 bits per heavy atom. The fourth-order valence-corrected chi connectivity index (χ4v) is 2.18. The van der Waals surface area contributed by atoms with Crippen LogP contribution >= 0.6 is 0 Å². The van der Waals surface area contributed by atoms with Crippen molar-refractivity contribution in [2.45, 2.75) is 31.9 Å². The number of fused-ring (bicyclic) bond motifs is 1. The lowest BCUT2D eigenvalue weighted by Crippen LogP contribution is -2.16. The van der Waals surface area contributed by atoms with Crippen LogP contribution in [0.4, 0.5) is 13.2 Å². The van der Waals surface area contributed by atoms with Crippen molar-refractivity contribution < 1.29 is 23.1 Å². The molecule has 0 saturated heterocycles. The average Bonchev–Trinajstić information content (AvgIpc) is 2.37. The third kappa shape index (κ3) is 3.39. The molecule has 0 spiro atoms. The van der Waals surface area contributed by atoms with Crippen molar-refractivity contribution in [2.75, 3.05) is 6.61 Å². The normalized spacial score (nSPS) is 17.3. The van der Waals surface area contributed by atoms with E-state index in [1.165, 1.54) is 0 Å². The van der Waals surface area contributed by atoms with E-state index in [0.29, 0.717) is 17.9 Å². The lowest BCUT2D eigenvalue weighted by Gasteiger charge is -2.20. The average molecular weight is 273 g/mol. The van der Waals surface area contributed by atoms with Crippen LogP contribution in [0, 0.1) is 0 Å². The highest BCUT2D eigenvalue weighted by molar-refractivity contribution is 6.02. The van der Waals surface area contributed by atoms with Gasteiger partial charge < -0.3 is 9.94 Å². The highest BCUT2D eigenvalue weighted by Gasteiger charge is 2.27. The zero-order valence-electron chi connectivity index (χ0n) is 10.2. The molecule has 1 aromatic rings. The standard InChI is InChI=1S/C13H14F3NO2/c14-13(15,16)7-8-19-12-6-2-3-9-10(12)4-1-5-11(9)17-18/h2-3,6,18H,1,4-5,7-8H2. The smallest absolute Gasteiger partial charge is 0.392 e. The van der Waals surface area contributed by atoms with Gasteiger partial charge in [0.1, 0.15) is 5.75 Å². The van der Waals surface area contributed by atoms with E-state index in [1.54, 1.807) is 18.2 Å². The number of hydrogen-bond donors (Lipinski definition) is 1. The van der Waals surface area contributed by atoms with Gasteiger partial charge in [-0.25, -0.2) is 0 Å². The Hall–Kier alpha value is -1.72. The highest BCUT2D eigenvalue weighted by Crippen LogP contribution is 2.30. The monoisotopic (exact) mass is 273 g/mol. The molecule has 0 atom stereocenters. The first-order valence-corrected chi connectivity index (χ1v) is 6.04. The lowest BCUT2D eigenvalue weighted by molar-refractivity contribution is -0.139. The van der Waals surface area contributed by atoms with E-state index < -0.39 is 19.2 Å². The largest absolute Gasteiger partial charge is 0.493 e. The van der Waals surface area contributed by atoms with E-state index in [0.717, 1.165) is 24.0 Å². The zero-order valence-corrected chi connectivity index (χ0v) is 10.2. The first-order chi connectivity index (χ1) is 9.01. The summed E-state index contributed by atoms with van der Waals surface area (Å²) in [5.74, 6) is 0.447. The summed E-state index contributed by atoms with van der Waals surface area (Å²) in [6.45, 7) is -0.397. The minimum Gasteiger partial charge on any atom is -0.493 e. The van der Waals surface area contributed by atoms with Gasteiger partial charge in [0.15, 0.2) is 0 Å². The van der Waals surface area contributed by atoms with Gasteiger partial charge in [-0.2, -0.15) is 13.2 Å². The van der Waals surface area contributed by atoms with E-state index in [4.69, 9.17) is 9.94 Å². The van der Waals surface area contributed by atoms with Gasteiger partial charge in [0.25, 0.3) is 0 Å². The summed E-state index contributed by atoms with van der Waals surface area (Å²) in [5.41, 5.74) is 2.14. The summed E-state index contributed by atoms with van der Waals surface area (Å²) in [6, 6.07) is 5.13. The predicted octanol–water partition coefficient (Wildman–Crippen LogP) is 3.53. The van der Waals surface area contributed by atoms with E-state index >= 15 is 0 Å². The summed E-state index contributed by atoms with van der Waals surface area (Å²) in [4.78, 5) is 0. The molecule has 0 heterocycles. The molecule has 19 heavy (non-hydrogen) atoms. The number of benzene rings is 1. The van der Waals surface area contributed by atoms with Crippen LogP contribution in [-0.2, 0) is 6.42 Å². The number of alkyl halides is 3. The van der Waals surface area contributed by atoms with Crippen LogP contribution in [0.5, 0.6) is 5.75 Å². The summed E-state index contributed by atoms with van der Waals surface area (Å²) in [7, 11) is 0. The number of halogens is 3. The van der Waals surface area contributed by atoms with Crippen molar-refractivity contribution in [2.24, 2.45) is 5.16 Å². The van der Waals surface area contributed by atoms with Crippen LogP contribution < -0.4 is 4.74 Å². The molecule has 1 N–H and O–H groups in total. The van der Waals surface area contributed by atoms with Crippen LogP contribution in [0.15, 0.2) is 23.4 Å². The number of nitrogens with zero attached hydrogens (tertiary/aromatic N) is 1. The van der Waals surface area contributed by atoms with Crippen molar-refractivity contribution in [3.05, 3.63) is 29.3 Å². The van der Waals surface area contributed by atoms with Gasteiger partial charge in [-0.15, -0.1) is 0 Å². The van der Waals surface area contributed by atoms with E-state index in [2.05, 4.69) is 5.16 Å². The Balaban J connectivity index is 2.14. The second-order valence-electron chi connectivity index (χ2n) is 4.40.